The largest absolute Gasteiger partial charge is 0.483 e. The zero-order valence-electron chi connectivity index (χ0n) is 5.27. The second-order valence-corrected chi connectivity index (χ2v) is 2.09. The topological polar surface area (TPSA) is 21.3 Å². The highest BCUT2D eigenvalue weighted by molar-refractivity contribution is 5.01. The summed E-state index contributed by atoms with van der Waals surface area (Å²) in [6.07, 6.45) is 2.08. The Bertz CT molecular complexity index is 109. The van der Waals surface area contributed by atoms with Crippen LogP contribution in [0.25, 0.3) is 0 Å². The maximum absolute atomic E-state index is 4.93. The molecule has 0 saturated carbocycles. The monoisotopic (exact) mass is 113 g/mol. The van der Waals surface area contributed by atoms with Crippen molar-refractivity contribution in [2.45, 2.75) is 6.92 Å². The third-order valence-corrected chi connectivity index (χ3v) is 1.25. The molecule has 1 atom stereocenters. The van der Waals surface area contributed by atoms with Crippen LogP contribution in [0, 0.1) is 5.92 Å². The molecule has 1 aliphatic heterocycles. The van der Waals surface area contributed by atoms with Gasteiger partial charge in [0.2, 0.25) is 0 Å². The van der Waals surface area contributed by atoms with Crippen molar-refractivity contribution in [2.24, 2.45) is 5.92 Å². The number of nitrogens with one attached hydrogen (secondary N) is 1. The Morgan fingerprint density at radius 3 is 2.88 bits per heavy atom. The number of hydrogen-bond acceptors (Lipinski definition) is 2. The van der Waals surface area contributed by atoms with E-state index in [4.69, 9.17) is 4.74 Å². The van der Waals surface area contributed by atoms with E-state index < -0.39 is 0 Å². The van der Waals surface area contributed by atoms with Crippen LogP contribution < -0.4 is 5.32 Å². The molecule has 0 saturated heterocycles. The smallest absolute Gasteiger partial charge is 0.182 e. The molecule has 0 aromatic heterocycles. The molecule has 0 fully saturated rings. The molecule has 0 bridgehead atoms. The second kappa shape index (κ2) is 2.07. The summed E-state index contributed by atoms with van der Waals surface area (Å²) in [6, 6.07) is 0. The van der Waals surface area contributed by atoms with Crippen LogP contribution in [0.1, 0.15) is 6.92 Å². The summed E-state index contributed by atoms with van der Waals surface area (Å²) in [6.45, 7) is 3.17. The van der Waals surface area contributed by atoms with E-state index in [1.807, 2.05) is 0 Å². The zero-order chi connectivity index (χ0) is 5.98. The molecule has 1 heterocycles. The molecule has 1 unspecified atom stereocenters. The zero-order valence-corrected chi connectivity index (χ0v) is 5.27. The predicted molar refractivity (Wildman–Crippen MR) is 32.3 cm³/mol. The van der Waals surface area contributed by atoms with Crippen LogP contribution in [0.15, 0.2) is 12.0 Å². The van der Waals surface area contributed by atoms with Crippen molar-refractivity contribution in [1.29, 1.82) is 0 Å². The molecule has 1 rings (SSSR count). The molecule has 2 heteroatoms. The molecule has 0 aromatic rings. The van der Waals surface area contributed by atoms with Crippen molar-refractivity contribution in [1.82, 2.24) is 5.32 Å². The molecule has 46 valence electrons. The molecule has 0 spiro atoms. The first-order chi connectivity index (χ1) is 3.83. The summed E-state index contributed by atoms with van der Waals surface area (Å²) in [5.41, 5.74) is 0. The Morgan fingerprint density at radius 2 is 2.62 bits per heavy atom. The summed E-state index contributed by atoms with van der Waals surface area (Å²) in [5, 5.41) is 3.09. The lowest BCUT2D eigenvalue weighted by molar-refractivity contribution is 0.270. The lowest BCUT2D eigenvalue weighted by Crippen LogP contribution is -2.10. The molecule has 0 radical (unpaired) electrons. The van der Waals surface area contributed by atoms with Crippen molar-refractivity contribution < 1.29 is 4.74 Å². The van der Waals surface area contributed by atoms with Gasteiger partial charge in [-0.3, -0.25) is 0 Å². The lowest BCUT2D eigenvalue weighted by Gasteiger charge is -1.98. The highest BCUT2D eigenvalue weighted by atomic mass is 16.5. The van der Waals surface area contributed by atoms with Crippen LogP contribution in [0.3, 0.4) is 0 Å². The van der Waals surface area contributed by atoms with E-state index in [9.17, 15) is 0 Å². The Balaban J connectivity index is 2.44. The van der Waals surface area contributed by atoms with Gasteiger partial charge in [0.15, 0.2) is 5.88 Å². The van der Waals surface area contributed by atoms with Crippen molar-refractivity contribution in [3.63, 3.8) is 0 Å². The average Bonchev–Trinajstić information content (AvgIpc) is 2.14. The average molecular weight is 113 g/mol. The van der Waals surface area contributed by atoms with Gasteiger partial charge in [-0.2, -0.15) is 0 Å². The summed E-state index contributed by atoms with van der Waals surface area (Å²) in [5.74, 6) is 1.54. The van der Waals surface area contributed by atoms with Crippen LogP contribution in [0.5, 0.6) is 0 Å². The van der Waals surface area contributed by atoms with E-state index in [-0.39, 0.29) is 0 Å². The number of ether oxygens (including phenoxy) is 1. The molecule has 0 aliphatic carbocycles. The van der Waals surface area contributed by atoms with Crippen molar-refractivity contribution in [2.75, 3.05) is 13.7 Å². The summed E-state index contributed by atoms with van der Waals surface area (Å²) in [7, 11) is 1.68. The standard InChI is InChI=1S/C6H11NO/c1-5-3-6(8-2)7-4-5/h3,5,7H,4H2,1-2H3. The van der Waals surface area contributed by atoms with Gasteiger partial charge in [0, 0.05) is 6.54 Å². The minimum Gasteiger partial charge on any atom is -0.483 e. The maximum atomic E-state index is 4.93. The highest BCUT2D eigenvalue weighted by Gasteiger charge is 2.08. The predicted octanol–water partition coefficient (Wildman–Crippen LogP) is 0.714. The van der Waals surface area contributed by atoms with Gasteiger partial charge >= 0.3 is 0 Å². The van der Waals surface area contributed by atoms with Gasteiger partial charge in [-0.25, -0.2) is 0 Å². The number of hydrogen-bond donors (Lipinski definition) is 1. The van der Waals surface area contributed by atoms with Crippen LogP contribution in [0.4, 0.5) is 0 Å². The lowest BCUT2D eigenvalue weighted by atomic mass is 10.2. The van der Waals surface area contributed by atoms with E-state index >= 15 is 0 Å². The molecule has 1 aliphatic rings. The fraction of sp³-hybridized carbons (Fsp3) is 0.667. The third-order valence-electron chi connectivity index (χ3n) is 1.25. The van der Waals surface area contributed by atoms with E-state index in [1.54, 1.807) is 7.11 Å². The van der Waals surface area contributed by atoms with Gasteiger partial charge in [0.25, 0.3) is 0 Å². The first kappa shape index (κ1) is 5.48. The number of rotatable bonds is 1. The van der Waals surface area contributed by atoms with Crippen LogP contribution in [-0.4, -0.2) is 13.7 Å². The van der Waals surface area contributed by atoms with Gasteiger partial charge in [-0.1, -0.05) is 6.92 Å². The van der Waals surface area contributed by atoms with Crippen molar-refractivity contribution >= 4 is 0 Å². The Kier molecular flexibility index (Phi) is 1.42. The van der Waals surface area contributed by atoms with E-state index in [1.165, 1.54) is 0 Å². The van der Waals surface area contributed by atoms with Gasteiger partial charge in [0.1, 0.15) is 0 Å². The molecular formula is C6H11NO. The Morgan fingerprint density at radius 1 is 1.88 bits per heavy atom. The second-order valence-electron chi connectivity index (χ2n) is 2.09. The van der Waals surface area contributed by atoms with Crippen LogP contribution >= 0.6 is 0 Å². The first-order valence-corrected chi connectivity index (χ1v) is 2.82. The molecular weight excluding hydrogens is 102 g/mol. The van der Waals surface area contributed by atoms with Gasteiger partial charge in [0.05, 0.1) is 7.11 Å². The normalized spacial score (nSPS) is 26.8. The van der Waals surface area contributed by atoms with E-state index in [0.29, 0.717) is 5.92 Å². The van der Waals surface area contributed by atoms with Crippen LogP contribution in [-0.2, 0) is 4.74 Å². The van der Waals surface area contributed by atoms with E-state index in [2.05, 4.69) is 18.3 Å². The quantitative estimate of drug-likeness (QED) is 0.541. The van der Waals surface area contributed by atoms with Crippen molar-refractivity contribution in [3.05, 3.63) is 12.0 Å². The minimum atomic E-state index is 0.630. The SMILES string of the molecule is COC1=CC(C)CN1. The maximum Gasteiger partial charge on any atom is 0.182 e. The Labute approximate surface area is 49.5 Å². The fourth-order valence-electron chi connectivity index (χ4n) is 0.778. The van der Waals surface area contributed by atoms with Gasteiger partial charge in [-0.15, -0.1) is 0 Å². The molecule has 1 N–H and O–H groups in total. The Hall–Kier alpha value is -0.660. The first-order valence-electron chi connectivity index (χ1n) is 2.82. The third kappa shape index (κ3) is 0.941. The van der Waals surface area contributed by atoms with Crippen molar-refractivity contribution in [3.8, 4) is 0 Å². The molecule has 0 aromatic carbocycles. The molecule has 2 nitrogen and oxygen atoms in total. The minimum absolute atomic E-state index is 0.630. The summed E-state index contributed by atoms with van der Waals surface area (Å²) >= 11 is 0. The fourth-order valence-corrected chi connectivity index (χ4v) is 0.778. The molecule has 0 amide bonds. The summed E-state index contributed by atoms with van der Waals surface area (Å²) < 4.78 is 4.93. The van der Waals surface area contributed by atoms with Crippen LogP contribution in [0.2, 0.25) is 0 Å². The molecule has 8 heavy (non-hydrogen) atoms. The highest BCUT2D eigenvalue weighted by Crippen LogP contribution is 2.07. The van der Waals surface area contributed by atoms with E-state index in [0.717, 1.165) is 12.4 Å². The van der Waals surface area contributed by atoms with Gasteiger partial charge < -0.3 is 10.1 Å². The van der Waals surface area contributed by atoms with Gasteiger partial charge in [-0.05, 0) is 12.0 Å². The summed E-state index contributed by atoms with van der Waals surface area (Å²) in [4.78, 5) is 0. The number of methoxy groups -OCH3 is 1.